The van der Waals surface area contributed by atoms with Crippen molar-refractivity contribution in [2.75, 3.05) is 39.7 Å². The van der Waals surface area contributed by atoms with Gasteiger partial charge in [-0.3, -0.25) is 4.79 Å². The Morgan fingerprint density at radius 2 is 1.81 bits per heavy atom. The van der Waals surface area contributed by atoms with Gasteiger partial charge in [-0.2, -0.15) is 0 Å². The highest BCUT2D eigenvalue weighted by atomic mass is 16.5. The van der Waals surface area contributed by atoms with E-state index in [0.29, 0.717) is 6.54 Å². The Morgan fingerprint density at radius 1 is 1.04 bits per heavy atom. The molecule has 0 bridgehead atoms. The van der Waals surface area contributed by atoms with Gasteiger partial charge >= 0.3 is 0 Å². The molecule has 3 rings (SSSR count). The lowest BCUT2D eigenvalue weighted by molar-refractivity contribution is -0.870. The number of rotatable bonds is 8. The Labute approximate surface area is 161 Å². The van der Waals surface area contributed by atoms with Crippen LogP contribution in [0.2, 0.25) is 0 Å². The van der Waals surface area contributed by atoms with Gasteiger partial charge in [-0.1, -0.05) is 12.1 Å². The number of likely N-dealkylation sites (N-methyl/N-ethyl adjacent to an activating group) is 1. The van der Waals surface area contributed by atoms with Crippen molar-refractivity contribution in [1.29, 1.82) is 0 Å². The first-order valence-corrected chi connectivity index (χ1v) is 9.53. The number of ether oxygens (including phenoxy) is 2. The van der Waals surface area contributed by atoms with Crippen molar-refractivity contribution < 1.29 is 19.2 Å². The van der Waals surface area contributed by atoms with Crippen LogP contribution in [-0.2, 0) is 24.1 Å². The third kappa shape index (κ3) is 5.01. The molecule has 1 unspecified atom stereocenters. The summed E-state index contributed by atoms with van der Waals surface area (Å²) in [6, 6.07) is 12.2. The first-order chi connectivity index (χ1) is 13.1. The summed E-state index contributed by atoms with van der Waals surface area (Å²) in [6.45, 7) is 1.32. The van der Waals surface area contributed by atoms with Gasteiger partial charge in [-0.25, -0.2) is 0 Å². The zero-order valence-electron chi connectivity index (χ0n) is 16.4. The molecule has 5 heteroatoms. The minimum absolute atomic E-state index is 0.0535. The third-order valence-corrected chi connectivity index (χ3v) is 5.13. The normalized spacial score (nSPS) is 13.7. The van der Waals surface area contributed by atoms with Crippen LogP contribution in [0, 0.1) is 0 Å². The van der Waals surface area contributed by atoms with Crippen LogP contribution in [0.15, 0.2) is 36.4 Å². The maximum absolute atomic E-state index is 12.3. The molecule has 0 aromatic heterocycles. The van der Waals surface area contributed by atoms with Crippen LogP contribution in [0.5, 0.6) is 11.5 Å². The number of benzene rings is 2. The fourth-order valence-corrected chi connectivity index (χ4v) is 3.61. The van der Waals surface area contributed by atoms with Crippen molar-refractivity contribution in [3.8, 4) is 11.5 Å². The molecule has 1 amide bonds. The lowest BCUT2D eigenvalue weighted by Gasteiger charge is -2.15. The Balaban J connectivity index is 1.49. The van der Waals surface area contributed by atoms with Crippen LogP contribution >= 0.6 is 0 Å². The van der Waals surface area contributed by atoms with Crippen LogP contribution in [0.3, 0.4) is 0 Å². The van der Waals surface area contributed by atoms with Gasteiger partial charge in [0.05, 0.1) is 27.8 Å². The SMILES string of the molecule is COc1ccc(CC[NH+](C)CC(=O)Nc2ccc3c(c2)CCC3)cc1OC. The second-order valence-electron chi connectivity index (χ2n) is 7.21. The number of hydrogen-bond donors (Lipinski definition) is 2. The number of carbonyl (C=O) groups is 1. The van der Waals surface area contributed by atoms with E-state index in [4.69, 9.17) is 9.47 Å². The Bertz CT molecular complexity index is 804. The first kappa shape index (κ1) is 19.2. The molecule has 1 atom stereocenters. The summed E-state index contributed by atoms with van der Waals surface area (Å²) in [6.07, 6.45) is 4.37. The van der Waals surface area contributed by atoms with Crippen molar-refractivity contribution >= 4 is 11.6 Å². The number of anilines is 1. The molecule has 5 nitrogen and oxygen atoms in total. The fourth-order valence-electron chi connectivity index (χ4n) is 3.61. The quantitative estimate of drug-likeness (QED) is 0.747. The van der Waals surface area contributed by atoms with Crippen molar-refractivity contribution in [1.82, 2.24) is 0 Å². The van der Waals surface area contributed by atoms with Crippen molar-refractivity contribution in [3.63, 3.8) is 0 Å². The molecule has 0 heterocycles. The number of quaternary nitrogens is 1. The molecule has 2 N–H and O–H groups in total. The number of aryl methyl sites for hydroxylation is 2. The van der Waals surface area contributed by atoms with E-state index in [1.54, 1.807) is 14.2 Å². The average molecular weight is 369 g/mol. The van der Waals surface area contributed by atoms with Gasteiger partial charge in [-0.15, -0.1) is 0 Å². The Hall–Kier alpha value is -2.53. The smallest absolute Gasteiger partial charge is 0.279 e. The molecule has 0 saturated heterocycles. The van der Waals surface area contributed by atoms with E-state index in [9.17, 15) is 4.79 Å². The predicted molar refractivity (Wildman–Crippen MR) is 107 cm³/mol. The summed E-state index contributed by atoms with van der Waals surface area (Å²) in [5.41, 5.74) is 4.88. The zero-order chi connectivity index (χ0) is 19.2. The summed E-state index contributed by atoms with van der Waals surface area (Å²) in [7, 11) is 5.32. The predicted octanol–water partition coefficient (Wildman–Crippen LogP) is 1.89. The van der Waals surface area contributed by atoms with Gasteiger partial charge in [0.2, 0.25) is 0 Å². The van der Waals surface area contributed by atoms with E-state index in [0.717, 1.165) is 43.0 Å². The minimum atomic E-state index is 0.0535. The lowest BCUT2D eigenvalue weighted by Crippen LogP contribution is -3.10. The lowest BCUT2D eigenvalue weighted by atomic mass is 10.1. The van der Waals surface area contributed by atoms with Crippen molar-refractivity contribution in [3.05, 3.63) is 53.1 Å². The molecule has 0 saturated carbocycles. The molecule has 1 aliphatic carbocycles. The summed E-state index contributed by atoms with van der Waals surface area (Å²) < 4.78 is 10.6. The van der Waals surface area contributed by atoms with Gasteiger partial charge in [0, 0.05) is 12.1 Å². The van der Waals surface area contributed by atoms with Gasteiger partial charge in [0.15, 0.2) is 18.0 Å². The van der Waals surface area contributed by atoms with E-state index in [1.807, 2.05) is 31.3 Å². The van der Waals surface area contributed by atoms with Gasteiger partial charge < -0.3 is 19.7 Å². The van der Waals surface area contributed by atoms with Crippen LogP contribution in [0.4, 0.5) is 5.69 Å². The maximum Gasteiger partial charge on any atom is 0.279 e. The zero-order valence-corrected chi connectivity index (χ0v) is 16.4. The largest absolute Gasteiger partial charge is 0.493 e. The molecule has 0 fully saturated rings. The summed E-state index contributed by atoms with van der Waals surface area (Å²) >= 11 is 0. The highest BCUT2D eigenvalue weighted by Gasteiger charge is 2.14. The van der Waals surface area contributed by atoms with Crippen LogP contribution in [-0.4, -0.2) is 40.3 Å². The number of methoxy groups -OCH3 is 2. The molecular weight excluding hydrogens is 340 g/mol. The average Bonchev–Trinajstić information content (AvgIpc) is 3.13. The summed E-state index contributed by atoms with van der Waals surface area (Å²) in [4.78, 5) is 13.5. The van der Waals surface area contributed by atoms with E-state index in [1.165, 1.54) is 28.0 Å². The molecule has 0 aliphatic heterocycles. The summed E-state index contributed by atoms with van der Waals surface area (Å²) in [5, 5.41) is 3.04. The monoisotopic (exact) mass is 369 g/mol. The van der Waals surface area contributed by atoms with Crippen LogP contribution in [0.25, 0.3) is 0 Å². The molecular formula is C22H29N2O3+. The second-order valence-corrected chi connectivity index (χ2v) is 7.21. The molecule has 0 radical (unpaired) electrons. The third-order valence-electron chi connectivity index (χ3n) is 5.13. The molecule has 1 aliphatic rings. The van der Waals surface area contributed by atoms with Gasteiger partial charge in [0.1, 0.15) is 0 Å². The number of fused-ring (bicyclic) bond motifs is 1. The number of carbonyl (C=O) groups excluding carboxylic acids is 1. The van der Waals surface area contributed by atoms with Crippen LogP contribution < -0.4 is 19.7 Å². The van der Waals surface area contributed by atoms with Crippen LogP contribution in [0.1, 0.15) is 23.1 Å². The number of amides is 1. The van der Waals surface area contributed by atoms with E-state index >= 15 is 0 Å². The molecule has 27 heavy (non-hydrogen) atoms. The van der Waals surface area contributed by atoms with E-state index in [-0.39, 0.29) is 5.91 Å². The molecule has 2 aromatic rings. The maximum atomic E-state index is 12.3. The highest BCUT2D eigenvalue weighted by Crippen LogP contribution is 2.27. The summed E-state index contributed by atoms with van der Waals surface area (Å²) in [5.74, 6) is 1.52. The minimum Gasteiger partial charge on any atom is -0.493 e. The number of nitrogens with one attached hydrogen (secondary N) is 2. The molecule has 0 spiro atoms. The van der Waals surface area contributed by atoms with Crippen molar-refractivity contribution in [2.24, 2.45) is 0 Å². The topological polar surface area (TPSA) is 52.0 Å². The van der Waals surface area contributed by atoms with Crippen molar-refractivity contribution in [2.45, 2.75) is 25.7 Å². The Morgan fingerprint density at radius 3 is 2.59 bits per heavy atom. The molecule has 2 aromatic carbocycles. The fraction of sp³-hybridized carbons (Fsp3) is 0.409. The van der Waals surface area contributed by atoms with Gasteiger partial charge in [0.25, 0.3) is 5.91 Å². The Kier molecular flexibility index (Phi) is 6.35. The van der Waals surface area contributed by atoms with E-state index < -0.39 is 0 Å². The second kappa shape index (κ2) is 8.91. The standard InChI is InChI=1S/C22H28N2O3/c1-24(12-11-16-7-10-20(26-2)21(13-16)27-3)15-22(25)23-19-9-8-17-5-4-6-18(17)14-19/h7-10,13-14H,4-6,11-12,15H2,1-3H3,(H,23,25)/p+1. The number of hydrogen-bond acceptors (Lipinski definition) is 3. The first-order valence-electron chi connectivity index (χ1n) is 9.53. The molecule has 144 valence electrons. The van der Waals surface area contributed by atoms with Gasteiger partial charge in [-0.05, 0) is 60.2 Å². The van der Waals surface area contributed by atoms with E-state index in [2.05, 4.69) is 17.4 Å². The highest BCUT2D eigenvalue weighted by molar-refractivity contribution is 5.91.